The van der Waals surface area contributed by atoms with Crippen LogP contribution >= 0.6 is 0 Å². The van der Waals surface area contributed by atoms with Crippen LogP contribution in [0.4, 0.5) is 5.69 Å². The quantitative estimate of drug-likeness (QED) is 0.774. The summed E-state index contributed by atoms with van der Waals surface area (Å²) < 4.78 is 5.19. The first-order valence-electron chi connectivity index (χ1n) is 9.61. The second-order valence-electron chi connectivity index (χ2n) is 6.98. The van der Waals surface area contributed by atoms with E-state index >= 15 is 0 Å². The smallest absolute Gasteiger partial charge is 0.256 e. The van der Waals surface area contributed by atoms with Crippen LogP contribution in [0.15, 0.2) is 42.5 Å². The summed E-state index contributed by atoms with van der Waals surface area (Å²) in [6, 6.07) is 13.3. The van der Waals surface area contributed by atoms with Crippen molar-refractivity contribution in [3.8, 4) is 5.75 Å². The molecule has 1 aliphatic rings. The third-order valence-electron chi connectivity index (χ3n) is 4.94. The third kappa shape index (κ3) is 4.82. The van der Waals surface area contributed by atoms with Crippen LogP contribution in [0.1, 0.15) is 34.3 Å². The zero-order valence-corrected chi connectivity index (χ0v) is 16.5. The van der Waals surface area contributed by atoms with Crippen LogP contribution in [0.3, 0.4) is 0 Å². The average molecular weight is 381 g/mol. The molecule has 0 saturated carbocycles. The van der Waals surface area contributed by atoms with Gasteiger partial charge >= 0.3 is 0 Å². The summed E-state index contributed by atoms with van der Waals surface area (Å²) in [5, 5.41) is 6.02. The lowest BCUT2D eigenvalue weighted by Crippen LogP contribution is -2.31. The first-order valence-corrected chi connectivity index (χ1v) is 9.61. The van der Waals surface area contributed by atoms with Gasteiger partial charge in [-0.05, 0) is 49.1 Å². The van der Waals surface area contributed by atoms with Gasteiger partial charge in [0.2, 0.25) is 5.91 Å². The van der Waals surface area contributed by atoms with Gasteiger partial charge < -0.3 is 20.3 Å². The Labute approximate surface area is 165 Å². The predicted octanol–water partition coefficient (Wildman–Crippen LogP) is 2.97. The zero-order valence-electron chi connectivity index (χ0n) is 16.5. The number of carbonyl (C=O) groups excluding carboxylic acids is 2. The molecule has 28 heavy (non-hydrogen) atoms. The van der Waals surface area contributed by atoms with Gasteiger partial charge in [-0.3, -0.25) is 9.59 Å². The highest BCUT2D eigenvalue weighted by molar-refractivity contribution is 6.01. The SMILES string of the molecule is COc1cccc(CNC(=O)CNc2cccc(C)c2C(=O)N2CCCC2)c1. The van der Waals surface area contributed by atoms with Crippen molar-refractivity contribution < 1.29 is 14.3 Å². The number of hydrogen-bond donors (Lipinski definition) is 2. The lowest BCUT2D eigenvalue weighted by Gasteiger charge is -2.20. The van der Waals surface area contributed by atoms with E-state index in [4.69, 9.17) is 4.74 Å². The minimum Gasteiger partial charge on any atom is -0.497 e. The van der Waals surface area contributed by atoms with Gasteiger partial charge in [-0.25, -0.2) is 0 Å². The molecular weight excluding hydrogens is 354 g/mol. The molecule has 0 atom stereocenters. The number of nitrogens with zero attached hydrogens (tertiary/aromatic N) is 1. The number of anilines is 1. The van der Waals surface area contributed by atoms with E-state index < -0.39 is 0 Å². The van der Waals surface area contributed by atoms with Gasteiger partial charge in [0.05, 0.1) is 19.2 Å². The van der Waals surface area contributed by atoms with E-state index in [9.17, 15) is 9.59 Å². The van der Waals surface area contributed by atoms with E-state index in [0.717, 1.165) is 42.8 Å². The number of methoxy groups -OCH3 is 1. The van der Waals surface area contributed by atoms with Crippen LogP contribution in [0.25, 0.3) is 0 Å². The fourth-order valence-electron chi connectivity index (χ4n) is 3.40. The van der Waals surface area contributed by atoms with Gasteiger partial charge in [-0.15, -0.1) is 0 Å². The van der Waals surface area contributed by atoms with Crippen molar-refractivity contribution in [1.29, 1.82) is 0 Å². The van der Waals surface area contributed by atoms with Gasteiger partial charge in [0.25, 0.3) is 5.91 Å². The first-order chi connectivity index (χ1) is 13.6. The maximum absolute atomic E-state index is 12.9. The summed E-state index contributed by atoms with van der Waals surface area (Å²) in [5.74, 6) is 0.661. The van der Waals surface area contributed by atoms with Crippen LogP contribution in [-0.2, 0) is 11.3 Å². The Morgan fingerprint density at radius 1 is 1.11 bits per heavy atom. The van der Waals surface area contributed by atoms with Crippen LogP contribution < -0.4 is 15.4 Å². The fourth-order valence-corrected chi connectivity index (χ4v) is 3.40. The molecule has 148 valence electrons. The molecule has 2 N–H and O–H groups in total. The predicted molar refractivity (Wildman–Crippen MR) is 110 cm³/mol. The van der Waals surface area contributed by atoms with E-state index in [1.165, 1.54) is 0 Å². The molecule has 3 rings (SSSR count). The number of amides is 2. The summed E-state index contributed by atoms with van der Waals surface area (Å²) >= 11 is 0. The average Bonchev–Trinajstić information content (AvgIpc) is 3.25. The molecule has 2 amide bonds. The van der Waals surface area contributed by atoms with Crippen LogP contribution in [0.5, 0.6) is 5.75 Å². The van der Waals surface area contributed by atoms with Gasteiger partial charge in [-0.1, -0.05) is 24.3 Å². The Balaban J connectivity index is 1.60. The van der Waals surface area contributed by atoms with Crippen LogP contribution in [-0.4, -0.2) is 43.5 Å². The van der Waals surface area contributed by atoms with Gasteiger partial charge in [0, 0.05) is 25.3 Å². The maximum atomic E-state index is 12.9. The van der Waals surface area contributed by atoms with E-state index in [1.54, 1.807) is 7.11 Å². The normalized spacial score (nSPS) is 13.3. The molecule has 1 fully saturated rings. The number of nitrogens with one attached hydrogen (secondary N) is 2. The molecule has 1 aliphatic heterocycles. The summed E-state index contributed by atoms with van der Waals surface area (Å²) in [7, 11) is 1.62. The molecule has 1 heterocycles. The van der Waals surface area contributed by atoms with Crippen molar-refractivity contribution >= 4 is 17.5 Å². The first kappa shape index (κ1) is 19.7. The molecule has 0 radical (unpaired) electrons. The minimum absolute atomic E-state index is 0.0369. The van der Waals surface area contributed by atoms with Crippen LogP contribution in [0, 0.1) is 6.92 Å². The summed E-state index contributed by atoms with van der Waals surface area (Å²) in [6.07, 6.45) is 2.10. The Kier molecular flexibility index (Phi) is 6.53. The largest absolute Gasteiger partial charge is 0.497 e. The van der Waals surface area contributed by atoms with E-state index in [2.05, 4.69) is 10.6 Å². The van der Waals surface area contributed by atoms with E-state index in [1.807, 2.05) is 54.3 Å². The monoisotopic (exact) mass is 381 g/mol. The molecule has 0 bridgehead atoms. The number of benzene rings is 2. The second-order valence-corrected chi connectivity index (χ2v) is 6.98. The molecule has 2 aromatic rings. The van der Waals surface area contributed by atoms with Crippen molar-refractivity contribution in [2.75, 3.05) is 32.1 Å². The van der Waals surface area contributed by atoms with Crippen molar-refractivity contribution in [3.05, 3.63) is 59.2 Å². The summed E-state index contributed by atoms with van der Waals surface area (Å²) in [6.45, 7) is 4.05. The van der Waals surface area contributed by atoms with Gasteiger partial charge in [-0.2, -0.15) is 0 Å². The van der Waals surface area contributed by atoms with E-state index in [-0.39, 0.29) is 18.4 Å². The topological polar surface area (TPSA) is 70.7 Å². The Bertz CT molecular complexity index is 845. The highest BCUT2D eigenvalue weighted by Crippen LogP contribution is 2.23. The van der Waals surface area contributed by atoms with E-state index in [0.29, 0.717) is 17.8 Å². The molecule has 0 spiro atoms. The van der Waals surface area contributed by atoms with Gasteiger partial charge in [0.1, 0.15) is 5.75 Å². The highest BCUT2D eigenvalue weighted by Gasteiger charge is 2.23. The number of likely N-dealkylation sites (tertiary alicyclic amines) is 1. The lowest BCUT2D eigenvalue weighted by molar-refractivity contribution is -0.119. The van der Waals surface area contributed by atoms with Crippen molar-refractivity contribution in [3.63, 3.8) is 0 Å². The van der Waals surface area contributed by atoms with Crippen molar-refractivity contribution in [1.82, 2.24) is 10.2 Å². The minimum atomic E-state index is -0.135. The Hall–Kier alpha value is -3.02. The number of aryl methyl sites for hydroxylation is 1. The van der Waals surface area contributed by atoms with Crippen molar-refractivity contribution in [2.24, 2.45) is 0 Å². The molecule has 6 nitrogen and oxygen atoms in total. The number of hydrogen-bond acceptors (Lipinski definition) is 4. The fraction of sp³-hybridized carbons (Fsp3) is 0.364. The summed E-state index contributed by atoms with van der Waals surface area (Å²) in [4.78, 5) is 27.0. The Morgan fingerprint density at radius 3 is 2.61 bits per heavy atom. The zero-order chi connectivity index (χ0) is 19.9. The second kappa shape index (κ2) is 9.26. The number of ether oxygens (including phenoxy) is 1. The lowest BCUT2D eigenvalue weighted by atomic mass is 10.0. The van der Waals surface area contributed by atoms with Crippen LogP contribution in [0.2, 0.25) is 0 Å². The highest BCUT2D eigenvalue weighted by atomic mass is 16.5. The maximum Gasteiger partial charge on any atom is 0.256 e. The Morgan fingerprint density at radius 2 is 1.86 bits per heavy atom. The molecule has 6 heteroatoms. The molecule has 1 saturated heterocycles. The number of carbonyl (C=O) groups is 2. The van der Waals surface area contributed by atoms with Gasteiger partial charge in [0.15, 0.2) is 0 Å². The molecule has 0 aromatic heterocycles. The molecule has 0 unspecified atom stereocenters. The third-order valence-corrected chi connectivity index (χ3v) is 4.94. The summed E-state index contributed by atoms with van der Waals surface area (Å²) in [5.41, 5.74) is 3.24. The van der Waals surface area contributed by atoms with Crippen molar-refractivity contribution in [2.45, 2.75) is 26.3 Å². The molecular formula is C22H27N3O3. The number of rotatable bonds is 7. The standard InChI is InChI=1S/C22H27N3O3/c1-16-7-5-10-19(21(16)22(27)25-11-3-4-12-25)23-15-20(26)24-14-17-8-6-9-18(13-17)28-2/h5-10,13,23H,3-4,11-12,14-15H2,1-2H3,(H,24,26). The molecule has 2 aromatic carbocycles. The molecule has 0 aliphatic carbocycles.